The Labute approximate surface area is 132 Å². The average Bonchev–Trinajstić information content (AvgIpc) is 2.98. The molecule has 6 heteroatoms. The number of benzene rings is 1. The molecule has 1 unspecified atom stereocenters. The molecule has 1 atom stereocenters. The van der Waals surface area contributed by atoms with Gasteiger partial charge in [0.25, 0.3) is 0 Å². The zero-order valence-corrected chi connectivity index (χ0v) is 13.9. The summed E-state index contributed by atoms with van der Waals surface area (Å²) in [6, 6.07) is 8.35. The molecule has 0 fully saturated rings. The summed E-state index contributed by atoms with van der Waals surface area (Å²) in [6.07, 6.45) is 0.971. The molecule has 2 heterocycles. The number of nitrogens with one attached hydrogen (secondary N) is 1. The van der Waals surface area contributed by atoms with Crippen molar-refractivity contribution in [1.29, 1.82) is 0 Å². The molecule has 0 radical (unpaired) electrons. The van der Waals surface area contributed by atoms with Gasteiger partial charge in [0.05, 0.1) is 16.4 Å². The lowest BCUT2D eigenvalue weighted by molar-refractivity contribution is 0.357. The lowest BCUT2D eigenvalue weighted by Gasteiger charge is -2.15. The molecule has 1 aromatic heterocycles. The monoisotopic (exact) mass is 402 g/mol. The molecule has 0 saturated heterocycles. The van der Waals surface area contributed by atoms with Crippen molar-refractivity contribution in [2.75, 3.05) is 6.61 Å². The molecular weight excluding hydrogens is 392 g/mol. The molecule has 0 aliphatic carbocycles. The van der Waals surface area contributed by atoms with Crippen LogP contribution in [-0.2, 0) is 6.42 Å². The van der Waals surface area contributed by atoms with Crippen LogP contribution < -0.4 is 16.0 Å². The van der Waals surface area contributed by atoms with Crippen LogP contribution >= 0.6 is 43.2 Å². The minimum Gasteiger partial charge on any atom is -0.493 e. The Hall–Kier alpha value is -0.400. The van der Waals surface area contributed by atoms with Gasteiger partial charge in [-0.15, -0.1) is 11.3 Å². The number of rotatable bonds is 3. The molecular formula is C13H12Br2N2OS. The van der Waals surface area contributed by atoms with Gasteiger partial charge in [0.15, 0.2) is 0 Å². The zero-order valence-electron chi connectivity index (χ0n) is 9.95. The van der Waals surface area contributed by atoms with Crippen molar-refractivity contribution in [1.82, 2.24) is 5.43 Å². The highest BCUT2D eigenvalue weighted by Gasteiger charge is 2.19. The van der Waals surface area contributed by atoms with Crippen LogP contribution in [0, 0.1) is 0 Å². The van der Waals surface area contributed by atoms with E-state index >= 15 is 0 Å². The van der Waals surface area contributed by atoms with Gasteiger partial charge in [0, 0.05) is 15.8 Å². The molecule has 1 aliphatic rings. The number of hydrazine groups is 1. The third-order valence-electron chi connectivity index (χ3n) is 3.16. The van der Waals surface area contributed by atoms with Crippen molar-refractivity contribution in [2.45, 2.75) is 12.5 Å². The molecule has 19 heavy (non-hydrogen) atoms. The fourth-order valence-corrected chi connectivity index (χ4v) is 4.41. The van der Waals surface area contributed by atoms with Gasteiger partial charge < -0.3 is 4.74 Å². The molecule has 3 rings (SSSR count). The summed E-state index contributed by atoms with van der Waals surface area (Å²) in [6.45, 7) is 0.773. The predicted molar refractivity (Wildman–Crippen MR) is 84.5 cm³/mol. The highest BCUT2D eigenvalue weighted by molar-refractivity contribution is 9.13. The van der Waals surface area contributed by atoms with Gasteiger partial charge in [-0.1, -0.05) is 6.07 Å². The zero-order chi connectivity index (χ0) is 13.4. The normalized spacial score (nSPS) is 15.1. The van der Waals surface area contributed by atoms with Crippen LogP contribution in [0.2, 0.25) is 0 Å². The van der Waals surface area contributed by atoms with E-state index in [0.717, 1.165) is 32.6 Å². The molecule has 100 valence electrons. The van der Waals surface area contributed by atoms with E-state index in [1.165, 1.54) is 10.4 Å². The number of thiophene rings is 1. The first-order chi connectivity index (χ1) is 9.19. The average molecular weight is 404 g/mol. The van der Waals surface area contributed by atoms with Crippen LogP contribution in [0.1, 0.15) is 22.0 Å². The molecule has 0 saturated carbocycles. The summed E-state index contributed by atoms with van der Waals surface area (Å²) in [4.78, 5) is 1.17. The van der Waals surface area contributed by atoms with Gasteiger partial charge in [0.1, 0.15) is 5.75 Å². The first-order valence-electron chi connectivity index (χ1n) is 5.85. The van der Waals surface area contributed by atoms with Crippen LogP contribution in [0.3, 0.4) is 0 Å². The lowest BCUT2D eigenvalue weighted by Crippen LogP contribution is -2.28. The van der Waals surface area contributed by atoms with E-state index in [2.05, 4.69) is 55.5 Å². The van der Waals surface area contributed by atoms with Gasteiger partial charge in [-0.3, -0.25) is 5.84 Å². The van der Waals surface area contributed by atoms with Gasteiger partial charge >= 0.3 is 0 Å². The number of fused-ring (bicyclic) bond motifs is 1. The number of hydrogen-bond acceptors (Lipinski definition) is 4. The Morgan fingerprint density at radius 1 is 1.32 bits per heavy atom. The Kier molecular flexibility index (Phi) is 3.96. The summed E-state index contributed by atoms with van der Waals surface area (Å²) in [7, 11) is 0. The summed E-state index contributed by atoms with van der Waals surface area (Å²) < 4.78 is 7.66. The molecule has 3 N–H and O–H groups in total. The first-order valence-corrected chi connectivity index (χ1v) is 8.26. The minimum absolute atomic E-state index is 0.00139. The van der Waals surface area contributed by atoms with Crippen molar-refractivity contribution in [3.05, 3.63) is 48.5 Å². The van der Waals surface area contributed by atoms with Gasteiger partial charge in [-0.25, -0.2) is 5.43 Å². The number of nitrogens with two attached hydrogens (primary N) is 1. The third-order valence-corrected chi connectivity index (χ3v) is 6.48. The SMILES string of the molecule is NNC(c1ccc2c(c1)CCO2)c1cc(Br)c(Br)s1. The molecule has 1 aliphatic heterocycles. The van der Waals surface area contributed by atoms with Crippen molar-refractivity contribution in [3.8, 4) is 5.75 Å². The fraction of sp³-hybridized carbons (Fsp3) is 0.231. The summed E-state index contributed by atoms with van der Waals surface area (Å²) in [5.41, 5.74) is 5.31. The molecule has 0 amide bonds. The number of ether oxygens (including phenoxy) is 1. The molecule has 2 aromatic rings. The van der Waals surface area contributed by atoms with Gasteiger partial charge in [-0.05, 0) is 61.2 Å². The molecule has 0 bridgehead atoms. The van der Waals surface area contributed by atoms with E-state index < -0.39 is 0 Å². The second-order valence-corrected chi connectivity index (χ2v) is 7.59. The Balaban J connectivity index is 1.98. The lowest BCUT2D eigenvalue weighted by atomic mass is 10.0. The fourth-order valence-electron chi connectivity index (χ4n) is 2.23. The summed E-state index contributed by atoms with van der Waals surface area (Å²) >= 11 is 8.70. The van der Waals surface area contributed by atoms with E-state index in [9.17, 15) is 0 Å². The largest absolute Gasteiger partial charge is 0.493 e. The van der Waals surface area contributed by atoms with E-state index in [-0.39, 0.29) is 6.04 Å². The molecule has 0 spiro atoms. The van der Waals surface area contributed by atoms with Crippen LogP contribution in [0.4, 0.5) is 0 Å². The van der Waals surface area contributed by atoms with E-state index in [4.69, 9.17) is 10.6 Å². The second-order valence-electron chi connectivity index (χ2n) is 4.34. The quantitative estimate of drug-likeness (QED) is 0.605. The van der Waals surface area contributed by atoms with E-state index in [1.54, 1.807) is 11.3 Å². The summed E-state index contributed by atoms with van der Waals surface area (Å²) in [5, 5.41) is 0. The summed E-state index contributed by atoms with van der Waals surface area (Å²) in [5.74, 6) is 6.73. The van der Waals surface area contributed by atoms with Gasteiger partial charge in [0.2, 0.25) is 0 Å². The first kappa shape index (κ1) is 13.6. The number of halogens is 2. The smallest absolute Gasteiger partial charge is 0.122 e. The topological polar surface area (TPSA) is 47.3 Å². The van der Waals surface area contributed by atoms with Crippen LogP contribution in [0.5, 0.6) is 5.75 Å². The maximum Gasteiger partial charge on any atom is 0.122 e. The van der Waals surface area contributed by atoms with Crippen molar-refractivity contribution in [2.24, 2.45) is 5.84 Å². The maximum atomic E-state index is 5.74. The highest BCUT2D eigenvalue weighted by Crippen LogP contribution is 2.38. The third kappa shape index (κ3) is 2.60. The Bertz CT molecular complexity index is 595. The second kappa shape index (κ2) is 5.54. The van der Waals surface area contributed by atoms with Crippen LogP contribution in [0.15, 0.2) is 32.5 Å². The van der Waals surface area contributed by atoms with E-state index in [1.807, 2.05) is 6.07 Å². The van der Waals surface area contributed by atoms with E-state index in [0.29, 0.717) is 0 Å². The number of hydrogen-bond donors (Lipinski definition) is 2. The van der Waals surface area contributed by atoms with Gasteiger partial charge in [-0.2, -0.15) is 0 Å². The minimum atomic E-state index is -0.00139. The van der Waals surface area contributed by atoms with Crippen molar-refractivity contribution < 1.29 is 4.74 Å². The molecule has 1 aromatic carbocycles. The Morgan fingerprint density at radius 2 is 2.16 bits per heavy atom. The van der Waals surface area contributed by atoms with Crippen LogP contribution in [-0.4, -0.2) is 6.61 Å². The molecule has 3 nitrogen and oxygen atoms in total. The standard InChI is InChI=1S/C13H12Br2N2OS/c14-9-6-11(19-13(9)15)12(17-16)8-1-2-10-7(5-8)3-4-18-10/h1-2,5-6,12,17H,3-4,16H2. The predicted octanol–water partition coefficient (Wildman–Crippen LogP) is 3.76. The van der Waals surface area contributed by atoms with Crippen LogP contribution in [0.25, 0.3) is 0 Å². The highest BCUT2D eigenvalue weighted by atomic mass is 79.9. The van der Waals surface area contributed by atoms with Crippen molar-refractivity contribution in [3.63, 3.8) is 0 Å². The maximum absolute atomic E-state index is 5.74. The van der Waals surface area contributed by atoms with Crippen molar-refractivity contribution >= 4 is 43.2 Å². The Morgan fingerprint density at radius 3 is 2.84 bits per heavy atom.